The van der Waals surface area contributed by atoms with Gasteiger partial charge >= 0.3 is 0 Å². The zero-order chi connectivity index (χ0) is 21.0. The number of rotatable bonds is 6. The number of carbonyl (C=O) groups is 2. The molecule has 2 aromatic carbocycles. The van der Waals surface area contributed by atoms with Gasteiger partial charge in [-0.05, 0) is 67.5 Å². The van der Waals surface area contributed by atoms with Crippen LogP contribution in [0, 0.1) is 30.9 Å². The van der Waals surface area contributed by atoms with E-state index >= 15 is 0 Å². The summed E-state index contributed by atoms with van der Waals surface area (Å²) in [5.74, 6) is -1.61. The number of amides is 2. The average molecular weight is 400 g/mol. The molecule has 0 saturated heterocycles. The van der Waals surface area contributed by atoms with E-state index in [0.29, 0.717) is 0 Å². The molecule has 154 valence electrons. The molecule has 1 fully saturated rings. The predicted molar refractivity (Wildman–Crippen MR) is 110 cm³/mol. The van der Waals surface area contributed by atoms with Gasteiger partial charge in [0.1, 0.15) is 11.6 Å². The third-order valence-corrected chi connectivity index (χ3v) is 5.53. The minimum absolute atomic E-state index is 0.129. The highest BCUT2D eigenvalue weighted by Gasteiger charge is 2.38. The standard InChI is InChI=1S/C23H26F2N2O2/c1-15-5-7-17(24)19(11-15)26-21(28)13-23(9-3-4-10-23)14-22(29)27-20-12-16(2)6-8-18(20)25/h5-8,11-12H,3-4,9-10,13-14H2,1-2H3,(H,26,28)(H,27,29). The molecule has 0 bridgehead atoms. The summed E-state index contributed by atoms with van der Waals surface area (Å²) in [6.07, 6.45) is 3.59. The lowest BCUT2D eigenvalue weighted by atomic mass is 9.79. The van der Waals surface area contributed by atoms with Gasteiger partial charge in [-0.25, -0.2) is 8.78 Å². The monoisotopic (exact) mass is 400 g/mol. The number of aryl methyl sites for hydroxylation is 2. The zero-order valence-electron chi connectivity index (χ0n) is 16.8. The fourth-order valence-corrected chi connectivity index (χ4v) is 4.08. The maximum atomic E-state index is 13.9. The van der Waals surface area contributed by atoms with Gasteiger partial charge in [0, 0.05) is 12.8 Å². The molecule has 6 heteroatoms. The van der Waals surface area contributed by atoms with Crippen molar-refractivity contribution in [3.05, 3.63) is 59.2 Å². The molecule has 0 aliphatic heterocycles. The first-order valence-electron chi connectivity index (χ1n) is 9.88. The van der Waals surface area contributed by atoms with E-state index < -0.39 is 17.0 Å². The number of benzene rings is 2. The maximum Gasteiger partial charge on any atom is 0.225 e. The van der Waals surface area contributed by atoms with Crippen LogP contribution < -0.4 is 10.6 Å². The lowest BCUT2D eigenvalue weighted by molar-refractivity contribution is -0.121. The van der Waals surface area contributed by atoms with E-state index in [4.69, 9.17) is 0 Å². The van der Waals surface area contributed by atoms with Gasteiger partial charge in [0.25, 0.3) is 0 Å². The molecule has 2 amide bonds. The average Bonchev–Trinajstić information content (AvgIpc) is 3.08. The van der Waals surface area contributed by atoms with Crippen LogP contribution in [0.2, 0.25) is 0 Å². The van der Waals surface area contributed by atoms with Crippen molar-refractivity contribution in [3.63, 3.8) is 0 Å². The van der Waals surface area contributed by atoms with E-state index in [1.807, 2.05) is 13.8 Å². The Morgan fingerprint density at radius 1 is 0.828 bits per heavy atom. The largest absolute Gasteiger partial charge is 0.324 e. The number of nitrogens with one attached hydrogen (secondary N) is 2. The van der Waals surface area contributed by atoms with Crippen LogP contribution in [0.5, 0.6) is 0 Å². The van der Waals surface area contributed by atoms with Crippen molar-refractivity contribution >= 4 is 23.2 Å². The van der Waals surface area contributed by atoms with Crippen molar-refractivity contribution in [2.75, 3.05) is 10.6 Å². The zero-order valence-corrected chi connectivity index (χ0v) is 16.8. The Morgan fingerprint density at radius 3 is 1.66 bits per heavy atom. The summed E-state index contributed by atoms with van der Waals surface area (Å²) >= 11 is 0. The lowest BCUT2D eigenvalue weighted by Gasteiger charge is -2.28. The third kappa shape index (κ3) is 5.40. The van der Waals surface area contributed by atoms with E-state index in [1.165, 1.54) is 12.1 Å². The Bertz CT molecular complexity index is 852. The van der Waals surface area contributed by atoms with Crippen LogP contribution in [0.3, 0.4) is 0 Å². The first kappa shape index (κ1) is 21.0. The minimum atomic E-state index is -0.491. The van der Waals surface area contributed by atoms with Crippen LogP contribution >= 0.6 is 0 Å². The highest BCUT2D eigenvalue weighted by molar-refractivity contribution is 5.94. The van der Waals surface area contributed by atoms with Gasteiger partial charge in [-0.2, -0.15) is 0 Å². The van der Waals surface area contributed by atoms with Gasteiger partial charge < -0.3 is 10.6 Å². The van der Waals surface area contributed by atoms with Gasteiger partial charge in [0.15, 0.2) is 0 Å². The summed E-state index contributed by atoms with van der Waals surface area (Å²) in [5.41, 5.74) is 1.49. The fraction of sp³-hybridized carbons (Fsp3) is 0.391. The van der Waals surface area contributed by atoms with E-state index in [9.17, 15) is 18.4 Å². The Kier molecular flexibility index (Phi) is 6.30. The van der Waals surface area contributed by atoms with Crippen molar-refractivity contribution in [1.29, 1.82) is 0 Å². The van der Waals surface area contributed by atoms with E-state index in [-0.39, 0.29) is 36.0 Å². The van der Waals surface area contributed by atoms with E-state index in [0.717, 1.165) is 36.8 Å². The maximum absolute atomic E-state index is 13.9. The highest BCUT2D eigenvalue weighted by Crippen LogP contribution is 2.44. The summed E-state index contributed by atoms with van der Waals surface area (Å²) in [4.78, 5) is 25.2. The van der Waals surface area contributed by atoms with Gasteiger partial charge in [0.05, 0.1) is 11.4 Å². The number of hydrogen-bond acceptors (Lipinski definition) is 2. The summed E-state index contributed by atoms with van der Waals surface area (Å²) in [5, 5.41) is 5.27. The molecule has 0 atom stereocenters. The van der Waals surface area contributed by atoms with Gasteiger partial charge in [-0.1, -0.05) is 25.0 Å². The molecule has 2 N–H and O–H groups in total. The molecule has 29 heavy (non-hydrogen) atoms. The van der Waals surface area contributed by atoms with Gasteiger partial charge in [-0.15, -0.1) is 0 Å². The van der Waals surface area contributed by atoms with Crippen LogP contribution in [-0.2, 0) is 9.59 Å². The van der Waals surface area contributed by atoms with Gasteiger partial charge in [-0.3, -0.25) is 9.59 Å². The molecule has 1 saturated carbocycles. The molecule has 0 spiro atoms. The molecule has 3 rings (SSSR count). The molecular formula is C23H26F2N2O2. The summed E-state index contributed by atoms with van der Waals surface area (Å²) < 4.78 is 27.9. The molecule has 1 aliphatic rings. The Hall–Kier alpha value is -2.76. The molecule has 4 nitrogen and oxygen atoms in total. The van der Waals surface area contributed by atoms with Crippen molar-refractivity contribution in [3.8, 4) is 0 Å². The van der Waals surface area contributed by atoms with E-state index in [1.54, 1.807) is 24.3 Å². The normalized spacial score (nSPS) is 15.2. The van der Waals surface area contributed by atoms with Crippen LogP contribution in [0.15, 0.2) is 36.4 Å². The molecule has 1 aliphatic carbocycles. The topological polar surface area (TPSA) is 58.2 Å². The quantitative estimate of drug-likeness (QED) is 0.673. The second-order valence-electron chi connectivity index (χ2n) is 8.12. The second kappa shape index (κ2) is 8.72. The van der Waals surface area contributed by atoms with Crippen molar-refractivity contribution in [1.82, 2.24) is 0 Å². The number of anilines is 2. The Balaban J connectivity index is 1.67. The Morgan fingerprint density at radius 2 is 1.24 bits per heavy atom. The molecule has 2 aromatic rings. The summed E-state index contributed by atoms with van der Waals surface area (Å²) in [7, 11) is 0. The second-order valence-corrected chi connectivity index (χ2v) is 8.12. The summed E-state index contributed by atoms with van der Waals surface area (Å²) in [6.45, 7) is 3.64. The van der Waals surface area contributed by atoms with Crippen molar-refractivity contribution in [2.45, 2.75) is 52.4 Å². The first-order valence-corrected chi connectivity index (χ1v) is 9.88. The van der Waals surface area contributed by atoms with E-state index in [2.05, 4.69) is 10.6 Å². The summed E-state index contributed by atoms with van der Waals surface area (Å²) in [6, 6.07) is 9.08. The van der Waals surface area contributed by atoms with Crippen LogP contribution in [0.25, 0.3) is 0 Å². The molecule has 0 aromatic heterocycles. The van der Waals surface area contributed by atoms with Crippen LogP contribution in [-0.4, -0.2) is 11.8 Å². The molecular weight excluding hydrogens is 374 g/mol. The van der Waals surface area contributed by atoms with Crippen molar-refractivity contribution in [2.24, 2.45) is 5.41 Å². The number of hydrogen-bond donors (Lipinski definition) is 2. The SMILES string of the molecule is Cc1ccc(F)c(NC(=O)CC2(CC(=O)Nc3cc(C)ccc3F)CCCC2)c1. The van der Waals surface area contributed by atoms with Crippen molar-refractivity contribution < 1.29 is 18.4 Å². The predicted octanol–water partition coefficient (Wildman–Crippen LogP) is 5.50. The highest BCUT2D eigenvalue weighted by atomic mass is 19.1. The first-order chi connectivity index (χ1) is 13.8. The van der Waals surface area contributed by atoms with Crippen LogP contribution in [0.1, 0.15) is 49.7 Å². The molecule has 0 heterocycles. The molecule has 0 radical (unpaired) electrons. The van der Waals surface area contributed by atoms with Crippen LogP contribution in [0.4, 0.5) is 20.2 Å². The Labute approximate surface area is 169 Å². The van der Waals surface area contributed by atoms with Gasteiger partial charge in [0.2, 0.25) is 11.8 Å². The lowest BCUT2D eigenvalue weighted by Crippen LogP contribution is -2.30. The minimum Gasteiger partial charge on any atom is -0.324 e. The number of carbonyl (C=O) groups excluding carboxylic acids is 2. The smallest absolute Gasteiger partial charge is 0.225 e. The third-order valence-electron chi connectivity index (χ3n) is 5.53. The fourth-order valence-electron chi connectivity index (χ4n) is 4.08. The molecule has 0 unspecified atom stereocenters. The number of halogens is 2.